The summed E-state index contributed by atoms with van der Waals surface area (Å²) in [6.07, 6.45) is 1.05. The van der Waals surface area contributed by atoms with Crippen molar-refractivity contribution in [3.63, 3.8) is 0 Å². The summed E-state index contributed by atoms with van der Waals surface area (Å²) in [6.45, 7) is 7.63. The Balaban J connectivity index is 2.15. The van der Waals surface area contributed by atoms with E-state index < -0.39 is 0 Å². The van der Waals surface area contributed by atoms with Gasteiger partial charge in [0, 0.05) is 17.3 Å². The average molecular weight is 352 g/mol. The summed E-state index contributed by atoms with van der Waals surface area (Å²) in [5.74, 6) is 0.592. The van der Waals surface area contributed by atoms with Gasteiger partial charge in [0.1, 0.15) is 0 Å². The Kier molecular flexibility index (Phi) is 5.82. The van der Waals surface area contributed by atoms with E-state index in [0.717, 1.165) is 13.0 Å². The van der Waals surface area contributed by atoms with E-state index in [1.807, 2.05) is 11.3 Å². The molecule has 0 amide bonds. The van der Waals surface area contributed by atoms with Gasteiger partial charge in [-0.1, -0.05) is 45.0 Å². The molecular weight excluding hydrogens is 330 g/mol. The van der Waals surface area contributed by atoms with Crippen LogP contribution in [-0.2, 0) is 6.42 Å². The molecule has 20 heavy (non-hydrogen) atoms. The summed E-state index contributed by atoms with van der Waals surface area (Å²) in [5, 5.41) is 3.60. The molecule has 1 N–H and O–H groups in total. The topological polar surface area (TPSA) is 12.0 Å². The Bertz CT molecular complexity index is 530. The van der Waals surface area contributed by atoms with Crippen LogP contribution in [0.4, 0.5) is 0 Å². The third-order valence-electron chi connectivity index (χ3n) is 3.49. The van der Waals surface area contributed by atoms with Crippen molar-refractivity contribution in [1.82, 2.24) is 5.32 Å². The monoisotopic (exact) mass is 351 g/mol. The van der Waals surface area contributed by atoms with Crippen LogP contribution in [0.3, 0.4) is 0 Å². The minimum Gasteiger partial charge on any atom is -0.310 e. The minimum atomic E-state index is 0.395. The molecule has 1 aromatic heterocycles. The highest BCUT2D eigenvalue weighted by Crippen LogP contribution is 2.27. The molecule has 2 rings (SSSR count). The van der Waals surface area contributed by atoms with E-state index in [-0.39, 0.29) is 0 Å². The van der Waals surface area contributed by atoms with Crippen molar-refractivity contribution >= 4 is 27.3 Å². The van der Waals surface area contributed by atoms with Gasteiger partial charge < -0.3 is 5.32 Å². The fourth-order valence-electron chi connectivity index (χ4n) is 2.33. The molecule has 0 aliphatic rings. The lowest BCUT2D eigenvalue weighted by Gasteiger charge is -2.18. The number of benzene rings is 1. The molecule has 0 aliphatic carbocycles. The maximum Gasteiger partial charge on any atom is 0.0701 e. The third-order valence-corrected chi connectivity index (χ3v) is 5.14. The number of rotatable bonds is 6. The van der Waals surface area contributed by atoms with Gasteiger partial charge in [0.2, 0.25) is 0 Å². The van der Waals surface area contributed by atoms with Gasteiger partial charge in [-0.2, -0.15) is 0 Å². The first-order chi connectivity index (χ1) is 9.60. The lowest BCUT2D eigenvalue weighted by atomic mass is 9.97. The van der Waals surface area contributed by atoms with Gasteiger partial charge in [-0.25, -0.2) is 0 Å². The molecule has 1 heterocycles. The maximum atomic E-state index is 3.60. The molecule has 1 atom stereocenters. The van der Waals surface area contributed by atoms with E-state index >= 15 is 0 Å². The van der Waals surface area contributed by atoms with Crippen molar-refractivity contribution in [3.05, 3.63) is 56.2 Å². The van der Waals surface area contributed by atoms with E-state index in [0.29, 0.717) is 12.0 Å². The van der Waals surface area contributed by atoms with E-state index in [1.165, 1.54) is 19.8 Å². The predicted octanol–water partition coefficient (Wildman–Crippen LogP) is 5.53. The van der Waals surface area contributed by atoms with Crippen LogP contribution in [0.1, 0.15) is 48.7 Å². The van der Waals surface area contributed by atoms with E-state index in [9.17, 15) is 0 Å². The highest BCUT2D eigenvalue weighted by Gasteiger charge is 2.12. The molecule has 0 spiro atoms. The smallest absolute Gasteiger partial charge is 0.0701 e. The molecule has 0 saturated heterocycles. The third kappa shape index (κ3) is 4.18. The molecule has 0 fully saturated rings. The molecule has 1 unspecified atom stereocenters. The summed E-state index contributed by atoms with van der Waals surface area (Å²) >= 11 is 5.36. The number of hydrogen-bond donors (Lipinski definition) is 1. The highest BCUT2D eigenvalue weighted by atomic mass is 79.9. The molecule has 108 valence electrons. The Morgan fingerprint density at radius 2 is 1.70 bits per heavy atom. The number of nitrogens with one attached hydrogen (secondary N) is 1. The van der Waals surface area contributed by atoms with E-state index in [2.05, 4.69) is 78.4 Å². The van der Waals surface area contributed by atoms with Gasteiger partial charge in [0.25, 0.3) is 0 Å². The quantitative estimate of drug-likeness (QED) is 0.721. The zero-order valence-electron chi connectivity index (χ0n) is 12.3. The molecule has 0 bridgehead atoms. The summed E-state index contributed by atoms with van der Waals surface area (Å²) in [5.41, 5.74) is 2.78. The average Bonchev–Trinajstić information content (AvgIpc) is 2.84. The largest absolute Gasteiger partial charge is 0.310 e. The first-order valence-electron chi connectivity index (χ1n) is 7.17. The SMILES string of the molecule is CCNC(Cc1ccc(Br)s1)c1ccc(C(C)C)cc1. The maximum absolute atomic E-state index is 3.60. The zero-order valence-corrected chi connectivity index (χ0v) is 14.7. The second kappa shape index (κ2) is 7.39. The van der Waals surface area contributed by atoms with Crippen LogP contribution < -0.4 is 5.32 Å². The molecular formula is C17H22BrNS. The van der Waals surface area contributed by atoms with Gasteiger partial charge in [-0.15, -0.1) is 11.3 Å². The second-order valence-electron chi connectivity index (χ2n) is 5.34. The van der Waals surface area contributed by atoms with Gasteiger partial charge in [0.15, 0.2) is 0 Å². The number of likely N-dealkylation sites (N-methyl/N-ethyl adjacent to an activating group) is 1. The second-order valence-corrected chi connectivity index (χ2v) is 7.89. The van der Waals surface area contributed by atoms with Crippen molar-refractivity contribution < 1.29 is 0 Å². The number of halogens is 1. The molecule has 1 aromatic carbocycles. The van der Waals surface area contributed by atoms with Gasteiger partial charge in [-0.3, -0.25) is 0 Å². The van der Waals surface area contributed by atoms with Crippen LogP contribution in [0.25, 0.3) is 0 Å². The summed E-state index contributed by atoms with van der Waals surface area (Å²) in [7, 11) is 0. The van der Waals surface area contributed by atoms with Crippen molar-refractivity contribution in [2.45, 2.75) is 39.2 Å². The van der Waals surface area contributed by atoms with Crippen molar-refractivity contribution in [2.75, 3.05) is 6.54 Å². The molecule has 0 saturated carbocycles. The van der Waals surface area contributed by atoms with Crippen molar-refractivity contribution in [1.29, 1.82) is 0 Å². The van der Waals surface area contributed by atoms with Crippen molar-refractivity contribution in [3.8, 4) is 0 Å². The summed E-state index contributed by atoms with van der Waals surface area (Å²) in [4.78, 5) is 1.41. The van der Waals surface area contributed by atoms with Crippen molar-refractivity contribution in [2.24, 2.45) is 0 Å². The predicted molar refractivity (Wildman–Crippen MR) is 92.7 cm³/mol. The molecule has 2 aromatic rings. The summed E-state index contributed by atoms with van der Waals surface area (Å²) < 4.78 is 1.21. The van der Waals surface area contributed by atoms with Crippen LogP contribution in [0.15, 0.2) is 40.2 Å². The summed E-state index contributed by atoms with van der Waals surface area (Å²) in [6, 6.07) is 13.8. The highest BCUT2D eigenvalue weighted by molar-refractivity contribution is 9.11. The minimum absolute atomic E-state index is 0.395. The fraction of sp³-hybridized carbons (Fsp3) is 0.412. The first kappa shape index (κ1) is 15.7. The molecule has 3 heteroatoms. The van der Waals surface area contributed by atoms with Crippen LogP contribution >= 0.6 is 27.3 Å². The van der Waals surface area contributed by atoms with E-state index in [1.54, 1.807) is 0 Å². The van der Waals surface area contributed by atoms with Gasteiger partial charge in [0.05, 0.1) is 3.79 Å². The molecule has 0 radical (unpaired) electrons. The molecule has 0 aliphatic heterocycles. The Labute approximate surface area is 134 Å². The Morgan fingerprint density at radius 3 is 2.20 bits per heavy atom. The van der Waals surface area contributed by atoms with Crippen LogP contribution in [0, 0.1) is 0 Å². The number of hydrogen-bond acceptors (Lipinski definition) is 2. The normalized spacial score (nSPS) is 12.8. The van der Waals surface area contributed by atoms with Crippen LogP contribution in [0.5, 0.6) is 0 Å². The Morgan fingerprint density at radius 1 is 1.05 bits per heavy atom. The first-order valence-corrected chi connectivity index (χ1v) is 8.78. The molecule has 1 nitrogen and oxygen atoms in total. The van der Waals surface area contributed by atoms with Crippen LogP contribution in [-0.4, -0.2) is 6.54 Å². The number of thiophene rings is 1. The van der Waals surface area contributed by atoms with Crippen LogP contribution in [0.2, 0.25) is 0 Å². The Hall–Kier alpha value is -0.640. The zero-order chi connectivity index (χ0) is 14.5. The van der Waals surface area contributed by atoms with E-state index in [4.69, 9.17) is 0 Å². The van der Waals surface area contributed by atoms with Gasteiger partial charge in [-0.05, 0) is 51.7 Å². The lowest BCUT2D eigenvalue weighted by molar-refractivity contribution is 0.553. The lowest BCUT2D eigenvalue weighted by Crippen LogP contribution is -2.22. The van der Waals surface area contributed by atoms with Gasteiger partial charge >= 0.3 is 0 Å². The standard InChI is InChI=1S/C17H22BrNS/c1-4-19-16(11-15-9-10-17(18)20-15)14-7-5-13(6-8-14)12(2)3/h5-10,12,16,19H,4,11H2,1-3H3. The fourth-order valence-corrected chi connectivity index (χ4v) is 3.86.